The first-order chi connectivity index (χ1) is 11.1. The summed E-state index contributed by atoms with van der Waals surface area (Å²) in [6, 6.07) is 18.6. The Balaban J connectivity index is 2.00. The highest BCUT2D eigenvalue weighted by molar-refractivity contribution is 7.53. The van der Waals surface area contributed by atoms with Crippen LogP contribution in [0, 0.1) is 0 Å². The molecule has 0 amide bonds. The van der Waals surface area contributed by atoms with Gasteiger partial charge < -0.3 is 19.3 Å². The molecule has 0 aliphatic heterocycles. The third kappa shape index (κ3) is 6.26. The fourth-order valence-electron chi connectivity index (χ4n) is 1.95. The zero-order chi connectivity index (χ0) is 16.5. The molecule has 2 aromatic rings. The highest BCUT2D eigenvalue weighted by Gasteiger charge is 2.28. The molecule has 0 aliphatic carbocycles. The first kappa shape index (κ1) is 17.9. The summed E-state index contributed by atoms with van der Waals surface area (Å²) in [6.45, 7) is -0.260. The van der Waals surface area contributed by atoms with Crippen LogP contribution in [-0.4, -0.2) is 29.1 Å². The molecule has 124 valence electrons. The zero-order valence-corrected chi connectivity index (χ0v) is 13.6. The molecule has 6 heteroatoms. The maximum Gasteiger partial charge on any atom is 0.334 e. The molecule has 0 aromatic heterocycles. The van der Waals surface area contributed by atoms with Crippen molar-refractivity contribution in [3.05, 3.63) is 71.8 Å². The minimum atomic E-state index is -3.53. The monoisotopic (exact) mass is 336 g/mol. The van der Waals surface area contributed by atoms with E-state index in [0.29, 0.717) is 0 Å². The zero-order valence-electron chi connectivity index (χ0n) is 12.7. The van der Waals surface area contributed by atoms with Crippen LogP contribution in [-0.2, 0) is 26.8 Å². The number of aliphatic hydroxyl groups excluding tert-OH is 2. The smallest absolute Gasteiger partial charge is 0.334 e. The number of hydrogen-bond donors (Lipinski definition) is 2. The van der Waals surface area contributed by atoms with Crippen LogP contribution in [0.15, 0.2) is 60.7 Å². The molecule has 0 saturated carbocycles. The minimum Gasteiger partial charge on any atom is -0.394 e. The Bertz CT molecular complexity index is 570. The average Bonchev–Trinajstić information content (AvgIpc) is 2.60. The van der Waals surface area contributed by atoms with Crippen LogP contribution in [0.4, 0.5) is 0 Å². The van der Waals surface area contributed by atoms with E-state index in [1.165, 1.54) is 0 Å². The molecular weight excluding hydrogens is 315 g/mol. The fraction of sp³-hybridized carbons (Fsp3) is 0.294. The van der Waals surface area contributed by atoms with Gasteiger partial charge in [-0.25, -0.2) is 0 Å². The van der Waals surface area contributed by atoms with Crippen LogP contribution >= 0.6 is 7.60 Å². The van der Waals surface area contributed by atoms with Gasteiger partial charge in [0, 0.05) is 0 Å². The van der Waals surface area contributed by atoms with Gasteiger partial charge in [-0.2, -0.15) is 0 Å². The lowest BCUT2D eigenvalue weighted by molar-refractivity contribution is 0.0999. The standard InChI is InChI=1S/C17H21O5P/c18-11-17(19)14-23(20,21-12-15-7-3-1-4-8-15)22-13-16-9-5-2-6-10-16/h1-10,17-19H,11-14H2/t17-/m1/s1. The van der Waals surface area contributed by atoms with Crippen molar-refractivity contribution < 1.29 is 23.8 Å². The Hall–Kier alpha value is -1.49. The van der Waals surface area contributed by atoms with E-state index in [1.54, 1.807) is 0 Å². The van der Waals surface area contributed by atoms with Gasteiger partial charge in [-0.15, -0.1) is 0 Å². The quantitative estimate of drug-likeness (QED) is 0.689. The number of aliphatic hydroxyl groups is 2. The van der Waals surface area contributed by atoms with E-state index < -0.39 is 20.3 Å². The van der Waals surface area contributed by atoms with Gasteiger partial charge in [0.05, 0.1) is 32.1 Å². The third-order valence-electron chi connectivity index (χ3n) is 3.19. The van der Waals surface area contributed by atoms with Gasteiger partial charge >= 0.3 is 7.60 Å². The maximum absolute atomic E-state index is 12.8. The summed E-state index contributed by atoms with van der Waals surface area (Å²) >= 11 is 0. The van der Waals surface area contributed by atoms with Crippen molar-refractivity contribution in [3.8, 4) is 0 Å². The lowest BCUT2D eigenvalue weighted by atomic mass is 10.2. The first-order valence-corrected chi connectivity index (χ1v) is 9.09. The van der Waals surface area contributed by atoms with Crippen LogP contribution < -0.4 is 0 Å². The number of hydrogen-bond acceptors (Lipinski definition) is 5. The molecule has 1 atom stereocenters. The van der Waals surface area contributed by atoms with Crippen LogP contribution in [0.5, 0.6) is 0 Å². The second-order valence-corrected chi connectivity index (χ2v) is 7.25. The second-order valence-electron chi connectivity index (χ2n) is 5.15. The summed E-state index contributed by atoms with van der Waals surface area (Å²) in [5.41, 5.74) is 1.71. The summed E-state index contributed by atoms with van der Waals surface area (Å²) in [5.74, 6) is 0. The summed E-state index contributed by atoms with van der Waals surface area (Å²) in [4.78, 5) is 0. The second kappa shape index (κ2) is 8.96. The van der Waals surface area contributed by atoms with Crippen molar-refractivity contribution >= 4 is 7.60 Å². The van der Waals surface area contributed by atoms with Crippen LogP contribution in [0.2, 0.25) is 0 Å². The molecule has 0 fully saturated rings. The van der Waals surface area contributed by atoms with E-state index >= 15 is 0 Å². The van der Waals surface area contributed by atoms with Crippen molar-refractivity contribution in [1.82, 2.24) is 0 Å². The molecule has 0 unspecified atom stereocenters. The van der Waals surface area contributed by atoms with E-state index in [9.17, 15) is 9.67 Å². The van der Waals surface area contributed by atoms with E-state index in [2.05, 4.69) is 0 Å². The molecule has 0 radical (unpaired) electrons. The largest absolute Gasteiger partial charge is 0.394 e. The van der Waals surface area contributed by atoms with Crippen molar-refractivity contribution in [2.75, 3.05) is 12.8 Å². The van der Waals surface area contributed by atoms with Crippen molar-refractivity contribution in [1.29, 1.82) is 0 Å². The number of benzene rings is 2. The first-order valence-electron chi connectivity index (χ1n) is 7.36. The molecule has 0 heterocycles. The Morgan fingerprint density at radius 1 is 0.870 bits per heavy atom. The van der Waals surface area contributed by atoms with Gasteiger partial charge in [0.15, 0.2) is 0 Å². The van der Waals surface area contributed by atoms with E-state index in [-0.39, 0.29) is 19.4 Å². The van der Waals surface area contributed by atoms with Gasteiger partial charge in [0.1, 0.15) is 0 Å². The lowest BCUT2D eigenvalue weighted by Crippen LogP contribution is -2.19. The third-order valence-corrected chi connectivity index (χ3v) is 5.10. The van der Waals surface area contributed by atoms with E-state index in [1.807, 2.05) is 60.7 Å². The molecular formula is C17H21O5P. The number of rotatable bonds is 9. The average molecular weight is 336 g/mol. The summed E-state index contributed by atoms with van der Waals surface area (Å²) in [5, 5.41) is 18.6. The molecule has 0 spiro atoms. The van der Waals surface area contributed by atoms with Gasteiger partial charge in [0.25, 0.3) is 0 Å². The van der Waals surface area contributed by atoms with Crippen molar-refractivity contribution in [2.45, 2.75) is 19.3 Å². The van der Waals surface area contributed by atoms with E-state index in [4.69, 9.17) is 14.2 Å². The highest BCUT2D eigenvalue weighted by atomic mass is 31.2. The Kier molecular flexibility index (Phi) is 6.96. The van der Waals surface area contributed by atoms with Crippen molar-refractivity contribution in [2.24, 2.45) is 0 Å². The van der Waals surface area contributed by atoms with Gasteiger partial charge in [-0.3, -0.25) is 4.57 Å². The van der Waals surface area contributed by atoms with Gasteiger partial charge in [-0.05, 0) is 11.1 Å². The van der Waals surface area contributed by atoms with Crippen LogP contribution in [0.1, 0.15) is 11.1 Å². The molecule has 2 rings (SSSR count). The fourth-order valence-corrected chi connectivity index (χ4v) is 3.56. The lowest BCUT2D eigenvalue weighted by Gasteiger charge is -2.20. The molecule has 2 N–H and O–H groups in total. The predicted octanol–water partition coefficient (Wildman–Crippen LogP) is 2.97. The Morgan fingerprint density at radius 3 is 1.70 bits per heavy atom. The normalized spacial score (nSPS) is 13.0. The van der Waals surface area contributed by atoms with Crippen LogP contribution in [0.25, 0.3) is 0 Å². The topological polar surface area (TPSA) is 76.0 Å². The molecule has 0 saturated heterocycles. The van der Waals surface area contributed by atoms with Crippen LogP contribution in [0.3, 0.4) is 0 Å². The Morgan fingerprint density at radius 2 is 1.30 bits per heavy atom. The highest BCUT2D eigenvalue weighted by Crippen LogP contribution is 2.50. The predicted molar refractivity (Wildman–Crippen MR) is 88.0 cm³/mol. The summed E-state index contributed by atoms with van der Waals surface area (Å²) in [7, 11) is -3.53. The Labute approximate surface area is 136 Å². The summed E-state index contributed by atoms with van der Waals surface area (Å²) in [6.07, 6.45) is -1.39. The van der Waals surface area contributed by atoms with Gasteiger partial charge in [-0.1, -0.05) is 60.7 Å². The molecule has 23 heavy (non-hydrogen) atoms. The van der Waals surface area contributed by atoms with E-state index in [0.717, 1.165) is 11.1 Å². The summed E-state index contributed by atoms with van der Waals surface area (Å²) < 4.78 is 23.8. The minimum absolute atomic E-state index is 0.116. The van der Waals surface area contributed by atoms with Crippen molar-refractivity contribution in [3.63, 3.8) is 0 Å². The molecule has 0 bridgehead atoms. The van der Waals surface area contributed by atoms with Gasteiger partial charge in [0.2, 0.25) is 0 Å². The molecule has 2 aromatic carbocycles. The molecule has 5 nitrogen and oxygen atoms in total. The SMILES string of the molecule is O=P(C[C@H](O)CO)(OCc1ccccc1)OCc1ccccc1. The molecule has 0 aliphatic rings. The maximum atomic E-state index is 12.8.